The van der Waals surface area contributed by atoms with Crippen molar-refractivity contribution in [3.8, 4) is 0 Å². The molecule has 3 rings (SSSR count). The normalized spacial score (nSPS) is 31.7. The van der Waals surface area contributed by atoms with Crippen LogP contribution in [0.4, 0.5) is 0 Å². The molecule has 6 heteroatoms. The number of hydrogen-bond acceptors (Lipinski definition) is 3. The lowest BCUT2D eigenvalue weighted by Gasteiger charge is -2.54. The zero-order valence-corrected chi connectivity index (χ0v) is 19.3. The van der Waals surface area contributed by atoms with Crippen LogP contribution in [0.2, 0.25) is 0 Å². The fraction of sp³-hybridized carbons (Fsp3) is 0.950. The Hall–Kier alpha value is -0.0800. The van der Waals surface area contributed by atoms with Crippen molar-refractivity contribution in [3.05, 3.63) is 0 Å². The Kier molecular flexibility index (Phi) is 8.47. The quantitative estimate of drug-likeness (QED) is 0.333. The van der Waals surface area contributed by atoms with Crippen molar-refractivity contribution in [2.75, 3.05) is 26.8 Å². The molecule has 0 radical (unpaired) electrons. The second kappa shape index (κ2) is 9.92. The molecule has 0 amide bonds. The first-order chi connectivity index (χ1) is 12.1. The van der Waals surface area contributed by atoms with E-state index < -0.39 is 0 Å². The van der Waals surface area contributed by atoms with Crippen LogP contribution in [0, 0.1) is 17.3 Å². The third-order valence-electron chi connectivity index (χ3n) is 6.64. The van der Waals surface area contributed by atoms with Crippen LogP contribution in [0.5, 0.6) is 0 Å². The molecule has 26 heavy (non-hydrogen) atoms. The molecule has 2 aliphatic carbocycles. The summed E-state index contributed by atoms with van der Waals surface area (Å²) in [5.74, 6) is 2.30. The van der Waals surface area contributed by atoms with Crippen molar-refractivity contribution >= 4 is 29.9 Å². The lowest BCUT2D eigenvalue weighted by molar-refractivity contribution is -0.106. The molecular weight excluding hydrogens is 441 g/mol. The molecule has 2 saturated carbocycles. The maximum Gasteiger partial charge on any atom is 0.191 e. The second-order valence-corrected chi connectivity index (χ2v) is 8.51. The molecular formula is C20H38IN3O2. The van der Waals surface area contributed by atoms with Crippen molar-refractivity contribution in [1.29, 1.82) is 0 Å². The van der Waals surface area contributed by atoms with E-state index in [9.17, 15) is 0 Å². The number of hydrogen-bond donors (Lipinski definition) is 2. The van der Waals surface area contributed by atoms with E-state index in [1.54, 1.807) is 0 Å². The predicted molar refractivity (Wildman–Crippen MR) is 117 cm³/mol. The Morgan fingerprint density at radius 2 is 2.00 bits per heavy atom. The third-order valence-corrected chi connectivity index (χ3v) is 6.64. The van der Waals surface area contributed by atoms with Gasteiger partial charge in [-0.25, -0.2) is 0 Å². The van der Waals surface area contributed by atoms with Crippen molar-refractivity contribution in [3.63, 3.8) is 0 Å². The van der Waals surface area contributed by atoms with Crippen molar-refractivity contribution in [2.45, 2.75) is 77.5 Å². The van der Waals surface area contributed by atoms with Crippen LogP contribution in [0.15, 0.2) is 4.99 Å². The molecule has 1 heterocycles. The van der Waals surface area contributed by atoms with Crippen molar-refractivity contribution in [2.24, 2.45) is 22.2 Å². The summed E-state index contributed by atoms with van der Waals surface area (Å²) >= 11 is 0. The summed E-state index contributed by atoms with van der Waals surface area (Å²) in [7, 11) is 1.86. The zero-order chi connectivity index (χ0) is 17.9. The summed E-state index contributed by atoms with van der Waals surface area (Å²) in [5, 5.41) is 7.17. The van der Waals surface area contributed by atoms with Crippen molar-refractivity contribution < 1.29 is 9.47 Å². The van der Waals surface area contributed by atoms with Gasteiger partial charge in [0.2, 0.25) is 0 Å². The first-order valence-electron chi connectivity index (χ1n) is 10.3. The van der Waals surface area contributed by atoms with Crippen LogP contribution < -0.4 is 10.6 Å². The van der Waals surface area contributed by atoms with Crippen LogP contribution >= 0.6 is 24.0 Å². The largest absolute Gasteiger partial charge is 0.378 e. The average molecular weight is 479 g/mol. The molecule has 3 fully saturated rings. The van der Waals surface area contributed by atoms with Crippen LogP contribution in [-0.2, 0) is 9.47 Å². The van der Waals surface area contributed by atoms with Gasteiger partial charge in [-0.15, -0.1) is 24.0 Å². The fourth-order valence-electron chi connectivity index (χ4n) is 5.29. The minimum absolute atomic E-state index is 0. The predicted octanol–water partition coefficient (Wildman–Crippen LogP) is 3.57. The summed E-state index contributed by atoms with van der Waals surface area (Å²) in [6.07, 6.45) is 8.42. The number of guanidine groups is 1. The van der Waals surface area contributed by atoms with Gasteiger partial charge in [-0.1, -0.05) is 26.7 Å². The van der Waals surface area contributed by atoms with E-state index in [-0.39, 0.29) is 29.4 Å². The average Bonchev–Trinajstić information content (AvgIpc) is 3.27. The SMILES string of the molecule is CCOC(CCNC(=NC)NC1C2CCOC2C1(C)C)C1CCCC1.I. The van der Waals surface area contributed by atoms with E-state index in [1.807, 2.05) is 7.05 Å². The van der Waals surface area contributed by atoms with Crippen molar-refractivity contribution in [1.82, 2.24) is 10.6 Å². The number of fused-ring (bicyclic) bond motifs is 1. The summed E-state index contributed by atoms with van der Waals surface area (Å²) in [6, 6.07) is 0.448. The van der Waals surface area contributed by atoms with E-state index in [1.165, 1.54) is 25.7 Å². The van der Waals surface area contributed by atoms with Gasteiger partial charge in [0.1, 0.15) is 0 Å². The third kappa shape index (κ3) is 4.66. The van der Waals surface area contributed by atoms with Gasteiger partial charge in [0.25, 0.3) is 0 Å². The summed E-state index contributed by atoms with van der Waals surface area (Å²) < 4.78 is 11.9. The van der Waals surface area contributed by atoms with E-state index in [0.29, 0.717) is 24.2 Å². The molecule has 0 spiro atoms. The monoisotopic (exact) mass is 479 g/mol. The van der Waals surface area contributed by atoms with Gasteiger partial charge >= 0.3 is 0 Å². The maximum atomic E-state index is 6.03. The van der Waals surface area contributed by atoms with Gasteiger partial charge in [0, 0.05) is 44.2 Å². The van der Waals surface area contributed by atoms with Gasteiger partial charge in [-0.05, 0) is 38.5 Å². The molecule has 0 bridgehead atoms. The highest BCUT2D eigenvalue weighted by Gasteiger charge is 2.59. The van der Waals surface area contributed by atoms with E-state index in [2.05, 4.69) is 36.4 Å². The molecule has 3 aliphatic rings. The first-order valence-corrected chi connectivity index (χ1v) is 10.3. The Labute approximate surface area is 176 Å². The van der Waals surface area contributed by atoms with Crippen LogP contribution in [-0.4, -0.2) is 51.0 Å². The first kappa shape index (κ1) is 22.2. The second-order valence-electron chi connectivity index (χ2n) is 8.51. The van der Waals surface area contributed by atoms with E-state index in [4.69, 9.17) is 9.47 Å². The molecule has 4 atom stereocenters. The molecule has 2 N–H and O–H groups in total. The Bertz CT molecular complexity index is 466. The number of nitrogens with zero attached hydrogens (tertiary/aromatic N) is 1. The number of aliphatic imine (C=N–C) groups is 1. The van der Waals surface area contributed by atoms with Gasteiger partial charge < -0.3 is 20.1 Å². The molecule has 152 valence electrons. The topological polar surface area (TPSA) is 54.9 Å². The minimum Gasteiger partial charge on any atom is -0.378 e. The molecule has 0 aromatic heterocycles. The Balaban J connectivity index is 0.00000243. The molecule has 0 aromatic rings. The van der Waals surface area contributed by atoms with Crippen LogP contribution in [0.25, 0.3) is 0 Å². The summed E-state index contributed by atoms with van der Waals surface area (Å²) in [6.45, 7) is 9.34. The molecule has 1 aliphatic heterocycles. The van der Waals surface area contributed by atoms with Gasteiger partial charge in [0.15, 0.2) is 5.96 Å². The van der Waals surface area contributed by atoms with Crippen LogP contribution in [0.3, 0.4) is 0 Å². The van der Waals surface area contributed by atoms with Gasteiger partial charge in [-0.2, -0.15) is 0 Å². The van der Waals surface area contributed by atoms with E-state index in [0.717, 1.165) is 44.5 Å². The number of rotatable bonds is 7. The highest BCUT2D eigenvalue weighted by Crippen LogP contribution is 2.52. The number of ether oxygens (including phenoxy) is 2. The lowest BCUT2D eigenvalue weighted by atomic mass is 9.57. The summed E-state index contributed by atoms with van der Waals surface area (Å²) in [4.78, 5) is 4.44. The standard InChI is InChI=1S/C20H37N3O2.HI/c1-5-24-16(14-8-6-7-9-14)10-12-22-19(21-4)23-17-15-11-13-25-18(15)20(17,2)3;/h14-18H,5-13H2,1-4H3,(H2,21,22,23);1H. The molecule has 0 aromatic carbocycles. The molecule has 4 unspecified atom stereocenters. The minimum atomic E-state index is 0. The fourth-order valence-corrected chi connectivity index (χ4v) is 5.29. The highest BCUT2D eigenvalue weighted by atomic mass is 127. The van der Waals surface area contributed by atoms with Crippen LogP contribution in [0.1, 0.15) is 59.3 Å². The molecule has 5 nitrogen and oxygen atoms in total. The Morgan fingerprint density at radius 1 is 1.27 bits per heavy atom. The number of nitrogens with one attached hydrogen (secondary N) is 2. The smallest absolute Gasteiger partial charge is 0.191 e. The lowest BCUT2D eigenvalue weighted by Crippen LogP contribution is -2.68. The molecule has 1 saturated heterocycles. The van der Waals surface area contributed by atoms with Gasteiger partial charge in [-0.3, -0.25) is 4.99 Å². The van der Waals surface area contributed by atoms with Gasteiger partial charge in [0.05, 0.1) is 12.2 Å². The van der Waals surface area contributed by atoms with E-state index >= 15 is 0 Å². The highest BCUT2D eigenvalue weighted by molar-refractivity contribution is 14.0. The summed E-state index contributed by atoms with van der Waals surface area (Å²) in [5.41, 5.74) is 0.177. The Morgan fingerprint density at radius 3 is 2.65 bits per heavy atom. The number of halogens is 1. The zero-order valence-electron chi connectivity index (χ0n) is 16.9. The maximum absolute atomic E-state index is 6.03.